The van der Waals surface area contributed by atoms with E-state index in [0.29, 0.717) is 6.04 Å². The van der Waals surface area contributed by atoms with Crippen molar-refractivity contribution in [3.8, 4) is 0 Å². The number of aromatic nitrogens is 1. The summed E-state index contributed by atoms with van der Waals surface area (Å²) in [4.78, 5) is 0. The van der Waals surface area contributed by atoms with Crippen LogP contribution >= 0.6 is 0 Å². The highest BCUT2D eigenvalue weighted by molar-refractivity contribution is 5.29. The number of aryl methyl sites for hydroxylation is 1. The lowest BCUT2D eigenvalue weighted by Gasteiger charge is -2.22. The topological polar surface area (TPSA) is 26.2 Å². The minimum atomic E-state index is 0.577. The molecule has 0 bridgehead atoms. The number of rotatable bonds is 4. The molecule has 20 heavy (non-hydrogen) atoms. The van der Waals surface area contributed by atoms with E-state index < -0.39 is 0 Å². The predicted octanol–water partition coefficient (Wildman–Crippen LogP) is 3.29. The molecule has 1 aliphatic heterocycles. The summed E-state index contributed by atoms with van der Waals surface area (Å²) in [5, 5.41) is 3.66. The Balaban J connectivity index is 1.72. The molecule has 1 fully saturated rings. The second kappa shape index (κ2) is 6.77. The lowest BCUT2D eigenvalue weighted by atomic mass is 10.0. The molecule has 0 aromatic carbocycles. The smallest absolute Gasteiger partial charge is 0.0469 e. The standard InChI is InChI=1S/C17H28N2O/c1-2-18-17-6-4-3-5-15-12-19(13-16(15)17)11-14-7-9-20-10-8-14/h12-14,17-18H,2-11H2,1H3. The van der Waals surface area contributed by atoms with Crippen LogP contribution in [0.5, 0.6) is 0 Å². The van der Waals surface area contributed by atoms with Gasteiger partial charge in [0.1, 0.15) is 0 Å². The molecule has 1 saturated heterocycles. The number of ether oxygens (including phenoxy) is 1. The Bertz CT molecular complexity index is 421. The normalized spacial score (nSPS) is 24.4. The van der Waals surface area contributed by atoms with Gasteiger partial charge in [-0.1, -0.05) is 13.3 Å². The first kappa shape index (κ1) is 14.2. The SMILES string of the molecule is CCNC1CCCCc2cn(CC3CCOCC3)cc21. The average molecular weight is 276 g/mol. The van der Waals surface area contributed by atoms with Crippen LogP contribution in [-0.2, 0) is 17.7 Å². The summed E-state index contributed by atoms with van der Waals surface area (Å²) in [6.45, 7) is 6.35. The molecular formula is C17H28N2O. The summed E-state index contributed by atoms with van der Waals surface area (Å²) in [5.41, 5.74) is 3.15. The van der Waals surface area contributed by atoms with E-state index in [4.69, 9.17) is 4.74 Å². The molecule has 1 unspecified atom stereocenters. The first-order valence-corrected chi connectivity index (χ1v) is 8.36. The van der Waals surface area contributed by atoms with Crippen LogP contribution in [0.3, 0.4) is 0 Å². The van der Waals surface area contributed by atoms with Crippen molar-refractivity contribution < 1.29 is 4.74 Å². The number of hydrogen-bond acceptors (Lipinski definition) is 2. The number of fused-ring (bicyclic) bond motifs is 1. The fourth-order valence-electron chi connectivity index (χ4n) is 3.71. The van der Waals surface area contributed by atoms with E-state index in [1.54, 1.807) is 11.1 Å². The molecule has 0 saturated carbocycles. The maximum Gasteiger partial charge on any atom is 0.0469 e. The second-order valence-electron chi connectivity index (χ2n) is 6.35. The third kappa shape index (κ3) is 3.26. The van der Waals surface area contributed by atoms with Crippen molar-refractivity contribution in [3.63, 3.8) is 0 Å². The van der Waals surface area contributed by atoms with Crippen molar-refractivity contribution in [1.29, 1.82) is 0 Å². The van der Waals surface area contributed by atoms with Gasteiger partial charge in [-0.05, 0) is 55.7 Å². The lowest BCUT2D eigenvalue weighted by molar-refractivity contribution is 0.0613. The van der Waals surface area contributed by atoms with Gasteiger partial charge in [0, 0.05) is 38.2 Å². The lowest BCUT2D eigenvalue weighted by Crippen LogP contribution is -2.21. The summed E-state index contributed by atoms with van der Waals surface area (Å²) < 4.78 is 7.92. The Labute approximate surface area is 122 Å². The first-order chi connectivity index (χ1) is 9.86. The average Bonchev–Trinajstić information content (AvgIpc) is 2.77. The Morgan fingerprint density at radius 1 is 1.20 bits per heavy atom. The van der Waals surface area contributed by atoms with Gasteiger partial charge in [0.15, 0.2) is 0 Å². The number of hydrogen-bond donors (Lipinski definition) is 1. The highest BCUT2D eigenvalue weighted by Gasteiger charge is 2.21. The van der Waals surface area contributed by atoms with Crippen LogP contribution < -0.4 is 5.32 Å². The largest absolute Gasteiger partial charge is 0.381 e. The molecule has 3 heteroatoms. The molecule has 112 valence electrons. The van der Waals surface area contributed by atoms with Crippen molar-refractivity contribution >= 4 is 0 Å². The molecule has 1 aromatic heterocycles. The summed E-state index contributed by atoms with van der Waals surface area (Å²) >= 11 is 0. The quantitative estimate of drug-likeness (QED) is 0.854. The van der Waals surface area contributed by atoms with Crippen molar-refractivity contribution in [2.45, 2.75) is 58.0 Å². The van der Waals surface area contributed by atoms with E-state index in [2.05, 4.69) is 29.2 Å². The minimum Gasteiger partial charge on any atom is -0.381 e. The van der Waals surface area contributed by atoms with E-state index >= 15 is 0 Å². The Hall–Kier alpha value is -0.800. The van der Waals surface area contributed by atoms with Crippen LogP contribution in [0.15, 0.2) is 12.4 Å². The molecule has 0 spiro atoms. The van der Waals surface area contributed by atoms with Crippen molar-refractivity contribution in [1.82, 2.24) is 9.88 Å². The highest BCUT2D eigenvalue weighted by atomic mass is 16.5. The van der Waals surface area contributed by atoms with Crippen LogP contribution in [0.1, 0.15) is 56.2 Å². The Morgan fingerprint density at radius 2 is 2.05 bits per heavy atom. The number of nitrogens with zero attached hydrogens (tertiary/aromatic N) is 1. The zero-order chi connectivity index (χ0) is 13.8. The van der Waals surface area contributed by atoms with Crippen molar-refractivity contribution in [2.75, 3.05) is 19.8 Å². The van der Waals surface area contributed by atoms with Gasteiger partial charge in [0.2, 0.25) is 0 Å². The van der Waals surface area contributed by atoms with E-state index in [9.17, 15) is 0 Å². The second-order valence-corrected chi connectivity index (χ2v) is 6.35. The molecule has 1 atom stereocenters. The maximum absolute atomic E-state index is 5.46. The Kier molecular flexibility index (Phi) is 4.79. The van der Waals surface area contributed by atoms with Gasteiger partial charge in [0.05, 0.1) is 0 Å². The molecule has 1 N–H and O–H groups in total. The first-order valence-electron chi connectivity index (χ1n) is 8.36. The van der Waals surface area contributed by atoms with Gasteiger partial charge in [0.25, 0.3) is 0 Å². The van der Waals surface area contributed by atoms with Gasteiger partial charge in [-0.2, -0.15) is 0 Å². The summed E-state index contributed by atoms with van der Waals surface area (Å²) in [5.74, 6) is 0.803. The molecule has 3 rings (SSSR count). The fourth-order valence-corrected chi connectivity index (χ4v) is 3.71. The Morgan fingerprint density at radius 3 is 2.85 bits per heavy atom. The van der Waals surface area contributed by atoms with E-state index in [1.165, 1.54) is 45.1 Å². The fraction of sp³-hybridized carbons (Fsp3) is 0.765. The summed E-state index contributed by atoms with van der Waals surface area (Å²) in [7, 11) is 0. The minimum absolute atomic E-state index is 0.577. The zero-order valence-electron chi connectivity index (χ0n) is 12.7. The molecule has 1 aliphatic carbocycles. The van der Waals surface area contributed by atoms with Gasteiger partial charge in [-0.15, -0.1) is 0 Å². The molecular weight excluding hydrogens is 248 g/mol. The van der Waals surface area contributed by atoms with Gasteiger partial charge in [-0.25, -0.2) is 0 Å². The third-order valence-corrected chi connectivity index (χ3v) is 4.82. The van der Waals surface area contributed by atoms with Crippen LogP contribution in [0, 0.1) is 5.92 Å². The molecule has 1 aromatic rings. The molecule has 3 nitrogen and oxygen atoms in total. The van der Waals surface area contributed by atoms with Gasteiger partial charge in [-0.3, -0.25) is 0 Å². The van der Waals surface area contributed by atoms with Crippen LogP contribution in [0.2, 0.25) is 0 Å². The van der Waals surface area contributed by atoms with E-state index in [0.717, 1.165) is 25.7 Å². The van der Waals surface area contributed by atoms with Crippen LogP contribution in [-0.4, -0.2) is 24.3 Å². The van der Waals surface area contributed by atoms with Crippen molar-refractivity contribution in [3.05, 3.63) is 23.5 Å². The van der Waals surface area contributed by atoms with E-state index in [-0.39, 0.29) is 0 Å². The zero-order valence-corrected chi connectivity index (χ0v) is 12.7. The molecule has 2 heterocycles. The van der Waals surface area contributed by atoms with E-state index in [1.807, 2.05) is 0 Å². The van der Waals surface area contributed by atoms with Crippen LogP contribution in [0.25, 0.3) is 0 Å². The third-order valence-electron chi connectivity index (χ3n) is 4.82. The molecule has 2 aliphatic rings. The number of nitrogens with one attached hydrogen (secondary N) is 1. The summed E-state index contributed by atoms with van der Waals surface area (Å²) in [6.07, 6.45) is 12.5. The van der Waals surface area contributed by atoms with Gasteiger partial charge >= 0.3 is 0 Å². The monoisotopic (exact) mass is 276 g/mol. The van der Waals surface area contributed by atoms with Crippen molar-refractivity contribution in [2.24, 2.45) is 5.92 Å². The predicted molar refractivity (Wildman–Crippen MR) is 81.9 cm³/mol. The molecule has 0 radical (unpaired) electrons. The highest BCUT2D eigenvalue weighted by Crippen LogP contribution is 2.30. The maximum atomic E-state index is 5.46. The van der Waals surface area contributed by atoms with Crippen LogP contribution in [0.4, 0.5) is 0 Å². The van der Waals surface area contributed by atoms with Gasteiger partial charge < -0.3 is 14.6 Å². The molecule has 0 amide bonds. The summed E-state index contributed by atoms with van der Waals surface area (Å²) in [6, 6.07) is 0.577.